The molecule has 5 rings (SSSR count). The van der Waals surface area contributed by atoms with E-state index in [1.54, 1.807) is 0 Å². The molecule has 32 heteroatoms. The fourth-order valence-corrected chi connectivity index (χ4v) is 8.70. The number of carboxylic acids is 1. The van der Waals surface area contributed by atoms with E-state index >= 15 is 0 Å². The molecule has 3 fully saturated rings. The Morgan fingerprint density at radius 3 is 0.954 bits per heavy atom. The molecule has 0 radical (unpaired) electrons. The van der Waals surface area contributed by atoms with Crippen molar-refractivity contribution >= 4 is 41.4 Å². The Morgan fingerprint density at radius 1 is 0.379 bits per heavy atom. The summed E-state index contributed by atoms with van der Waals surface area (Å²) >= 11 is 0. The molecule has 2 aromatic rings. The van der Waals surface area contributed by atoms with Crippen molar-refractivity contribution in [2.45, 2.75) is 151 Å². The Balaban J connectivity index is 1.10. The summed E-state index contributed by atoms with van der Waals surface area (Å²) < 4.78 is 49.7. The highest BCUT2D eigenvalue weighted by atomic mass is 16.7. The maximum atomic E-state index is 12.9. The van der Waals surface area contributed by atoms with Crippen LogP contribution in [0.2, 0.25) is 0 Å². The minimum atomic E-state index is -1.49. The van der Waals surface area contributed by atoms with Crippen molar-refractivity contribution in [3.05, 3.63) is 42.0 Å². The van der Waals surface area contributed by atoms with Crippen LogP contribution in [0.3, 0.4) is 0 Å². The van der Waals surface area contributed by atoms with Crippen LogP contribution in [0, 0.1) is 0 Å². The molecular formula is C55H82N6O26. The number of nitrogens with one attached hydrogen (secondary N) is 6. The number of amides is 6. The minimum absolute atomic E-state index is 0.00254. The van der Waals surface area contributed by atoms with Crippen molar-refractivity contribution in [3.63, 3.8) is 0 Å². The highest BCUT2D eigenvalue weighted by Crippen LogP contribution is 2.33. The number of hydrogen-bond acceptors (Lipinski definition) is 25. The zero-order valence-corrected chi connectivity index (χ0v) is 48.4. The summed E-state index contributed by atoms with van der Waals surface area (Å²) in [5, 5.41) is 115. The van der Waals surface area contributed by atoms with Crippen LogP contribution in [0.15, 0.2) is 36.4 Å². The molecule has 3 aliphatic heterocycles. The van der Waals surface area contributed by atoms with E-state index in [2.05, 4.69) is 31.9 Å². The van der Waals surface area contributed by atoms with E-state index in [1.165, 1.54) is 57.2 Å². The van der Waals surface area contributed by atoms with Gasteiger partial charge in [0.05, 0.1) is 43.7 Å². The molecule has 15 atom stereocenters. The summed E-state index contributed by atoms with van der Waals surface area (Å²) in [5.41, 5.74) is 0.204. The quantitative estimate of drug-likeness (QED) is 0.0287. The van der Waals surface area contributed by atoms with Crippen LogP contribution >= 0.6 is 0 Å². The van der Waals surface area contributed by atoms with E-state index in [0.717, 1.165) is 0 Å². The van der Waals surface area contributed by atoms with Crippen molar-refractivity contribution in [2.75, 3.05) is 78.9 Å². The van der Waals surface area contributed by atoms with E-state index in [4.69, 9.17) is 42.6 Å². The van der Waals surface area contributed by atoms with Crippen LogP contribution in [0.1, 0.15) is 69.7 Å². The normalized spacial score (nSPS) is 27.0. The summed E-state index contributed by atoms with van der Waals surface area (Å²) in [7, 11) is 0. The van der Waals surface area contributed by atoms with Gasteiger partial charge < -0.3 is 126 Å². The molecular weight excluding hydrogens is 1160 g/mol. The number of carbonyl (C=O) groups is 7. The second-order valence-corrected chi connectivity index (χ2v) is 20.7. The van der Waals surface area contributed by atoms with Gasteiger partial charge in [-0.15, -0.1) is 0 Å². The van der Waals surface area contributed by atoms with Gasteiger partial charge in [-0.05, 0) is 81.5 Å². The highest BCUT2D eigenvalue weighted by molar-refractivity contribution is 5.90. The fourth-order valence-electron chi connectivity index (χ4n) is 8.70. The first-order chi connectivity index (χ1) is 41.4. The van der Waals surface area contributed by atoms with Gasteiger partial charge >= 0.3 is 5.97 Å². The molecule has 3 aliphatic rings. The van der Waals surface area contributed by atoms with E-state index in [0.29, 0.717) is 0 Å². The zero-order valence-electron chi connectivity index (χ0n) is 48.4. The first kappa shape index (κ1) is 71.3. The third kappa shape index (κ3) is 23.5. The van der Waals surface area contributed by atoms with E-state index in [9.17, 15) is 84.6 Å². The van der Waals surface area contributed by atoms with Crippen molar-refractivity contribution in [1.29, 1.82) is 0 Å². The summed E-state index contributed by atoms with van der Waals surface area (Å²) in [6.07, 6.45) is -18.0. The molecule has 87 heavy (non-hydrogen) atoms. The van der Waals surface area contributed by atoms with Gasteiger partial charge in [0.2, 0.25) is 17.7 Å². The molecule has 0 bridgehead atoms. The lowest BCUT2D eigenvalue weighted by atomic mass is 10.0. The molecule has 0 aliphatic carbocycles. The molecule has 2 aromatic carbocycles. The maximum absolute atomic E-state index is 12.9. The maximum Gasteiger partial charge on any atom is 0.335 e. The monoisotopic (exact) mass is 1240 g/mol. The third-order valence-electron chi connectivity index (χ3n) is 13.7. The van der Waals surface area contributed by atoms with Gasteiger partial charge in [0.15, 0.2) is 38.7 Å². The fraction of sp³-hybridized carbons (Fsp3) is 0.655. The Hall–Kier alpha value is -6.47. The van der Waals surface area contributed by atoms with Crippen molar-refractivity contribution < 1.29 is 127 Å². The number of hydrogen-bond donors (Lipinski definition) is 16. The zero-order chi connectivity index (χ0) is 63.7. The Morgan fingerprint density at radius 2 is 0.655 bits per heavy atom. The number of rotatable bonds is 35. The SMILES string of the molecule is C[C@@H]1O[C@@H](OCCCC(=O)NCCNC(=O)COc2cc(OCC(=O)NCCNC(=O)CCCO[C@@H]3O[C@@H](C)[C@H](O)[C@@H](O)[C@H]3O)cc(-c3cc(OCC(=O)NCCNC(=O)CCCO[C@@H]4O[C@@H](C)[C@H](O)[C@@H](O)[C@H]4O)cc(C(=O)O)c3)c2)[C@H](O)[C@H](O)[C@H]1O. The van der Waals surface area contributed by atoms with Gasteiger partial charge in [0.1, 0.15) is 72.2 Å². The number of benzene rings is 2. The second-order valence-electron chi connectivity index (χ2n) is 20.7. The molecule has 3 saturated heterocycles. The number of aliphatic hydroxyl groups is 9. The van der Waals surface area contributed by atoms with Crippen LogP contribution < -0.4 is 46.1 Å². The summed E-state index contributed by atoms with van der Waals surface area (Å²) in [6.45, 7) is 2.91. The largest absolute Gasteiger partial charge is 0.484 e. The van der Waals surface area contributed by atoms with Gasteiger partial charge in [-0.25, -0.2) is 4.79 Å². The lowest BCUT2D eigenvalue weighted by Crippen LogP contribution is -2.57. The summed E-state index contributed by atoms with van der Waals surface area (Å²) in [6, 6.07) is 8.14. The lowest BCUT2D eigenvalue weighted by molar-refractivity contribution is -0.293. The smallest absolute Gasteiger partial charge is 0.335 e. The van der Waals surface area contributed by atoms with Gasteiger partial charge in [0, 0.05) is 64.6 Å². The third-order valence-corrected chi connectivity index (χ3v) is 13.7. The van der Waals surface area contributed by atoms with Crippen LogP contribution in [0.5, 0.6) is 17.2 Å². The van der Waals surface area contributed by atoms with Gasteiger partial charge in [-0.2, -0.15) is 0 Å². The van der Waals surface area contributed by atoms with Gasteiger partial charge in [0.25, 0.3) is 17.7 Å². The predicted octanol–water partition coefficient (Wildman–Crippen LogP) is -5.24. The first-order valence-corrected chi connectivity index (χ1v) is 28.4. The first-order valence-electron chi connectivity index (χ1n) is 28.4. The van der Waals surface area contributed by atoms with Crippen molar-refractivity contribution in [3.8, 4) is 28.4 Å². The number of aliphatic hydroxyl groups excluding tert-OH is 9. The molecule has 0 spiro atoms. The predicted molar refractivity (Wildman–Crippen MR) is 296 cm³/mol. The Labute approximate surface area is 500 Å². The molecule has 32 nitrogen and oxygen atoms in total. The lowest BCUT2D eigenvalue weighted by Gasteiger charge is -2.38. The number of carbonyl (C=O) groups excluding carboxylic acids is 6. The Bertz CT molecular complexity index is 2460. The average Bonchev–Trinajstić information content (AvgIpc) is 2.44. The molecule has 0 saturated carbocycles. The molecule has 488 valence electrons. The molecule has 0 aromatic heterocycles. The molecule has 3 heterocycles. The van der Waals surface area contributed by atoms with E-state index in [1.807, 2.05) is 0 Å². The molecule has 0 unspecified atom stereocenters. The Kier molecular flexibility index (Phi) is 29.6. The number of ether oxygens (including phenoxy) is 9. The van der Waals surface area contributed by atoms with Gasteiger partial charge in [-0.3, -0.25) is 28.8 Å². The average molecular weight is 1240 g/mol. The topological polar surface area (TPSA) is 477 Å². The molecule has 16 N–H and O–H groups in total. The highest BCUT2D eigenvalue weighted by Gasteiger charge is 2.44. The van der Waals surface area contributed by atoms with Crippen LogP contribution in [-0.4, -0.2) is 264 Å². The van der Waals surface area contributed by atoms with Gasteiger partial charge in [-0.1, -0.05) is 0 Å². The van der Waals surface area contributed by atoms with E-state index < -0.39 is 136 Å². The number of carboxylic acid groups (broad SMARTS) is 1. The van der Waals surface area contributed by atoms with Crippen molar-refractivity contribution in [2.24, 2.45) is 0 Å². The summed E-state index contributed by atoms with van der Waals surface area (Å²) in [5.74, 6) is -4.32. The standard InChI is InChI=1S/C55H82N6O26/c1-28-43(68)46(71)49(74)53(85-28)79-16-4-7-37(62)56-10-13-59-40(65)25-82-34-20-31(19-33(23-34)52(77)78)32-21-35(83-26-41(66)60-14-11-57-38(63)8-5-17-80-54-50(75)47(72)44(69)29(2)86-54)24-36(22-32)84-27-42(67)61-15-12-58-39(64)9-6-18-81-55-51(76)48(73)45(70)30(3)87-55/h19-24,28-30,43-51,53-55,68-76H,4-18,25-27H2,1-3H3,(H,56,62)(H,57,63)(H,58,64)(H,59,65)(H,60,66)(H,61,67)(H,77,78)/t28-,29-,30-,43-,44-,45-,46+,47+,48+,49+,50+,51+,53+,54+,55+/m0/s1. The summed E-state index contributed by atoms with van der Waals surface area (Å²) in [4.78, 5) is 88.1. The molecule has 6 amide bonds. The van der Waals surface area contributed by atoms with Crippen molar-refractivity contribution in [1.82, 2.24) is 31.9 Å². The van der Waals surface area contributed by atoms with Crippen LogP contribution in [0.4, 0.5) is 0 Å². The second kappa shape index (κ2) is 36.1. The minimum Gasteiger partial charge on any atom is -0.484 e. The van der Waals surface area contributed by atoms with Crippen LogP contribution in [0.25, 0.3) is 11.1 Å². The van der Waals surface area contributed by atoms with Crippen LogP contribution in [-0.2, 0) is 57.2 Å². The number of aromatic carboxylic acids is 1. The van der Waals surface area contributed by atoms with E-state index in [-0.39, 0.29) is 149 Å².